The van der Waals surface area contributed by atoms with Crippen LogP contribution in [-0.2, 0) is 17.0 Å². The third kappa shape index (κ3) is 4.08. The lowest BCUT2D eigenvalue weighted by Crippen LogP contribution is -2.28. The van der Waals surface area contributed by atoms with Crippen LogP contribution in [0.15, 0.2) is 90.1 Å². The summed E-state index contributed by atoms with van der Waals surface area (Å²) < 4.78 is 6.48. The van der Waals surface area contributed by atoms with E-state index >= 15 is 0 Å². The minimum atomic E-state index is -0.298. The van der Waals surface area contributed by atoms with Crippen LogP contribution in [0.5, 0.6) is 5.75 Å². The topological polar surface area (TPSA) is 34.1 Å². The van der Waals surface area contributed by atoms with Gasteiger partial charge in [0.2, 0.25) is 0 Å². The van der Waals surface area contributed by atoms with Crippen molar-refractivity contribution < 1.29 is 9.57 Å². The number of oxime groups is 1. The molecule has 0 saturated heterocycles. The Morgan fingerprint density at radius 2 is 1.68 bits per heavy atom. The van der Waals surface area contributed by atoms with Gasteiger partial charge in [0.25, 0.3) is 0 Å². The largest absolute Gasteiger partial charge is 0.481 e. The second-order valence-corrected chi connectivity index (χ2v) is 8.50. The number of fused-ring (bicyclic) bond motifs is 2. The lowest BCUT2D eigenvalue weighted by atomic mass is 9.96. The smallest absolute Gasteiger partial charge is 0.143 e. The summed E-state index contributed by atoms with van der Waals surface area (Å²) in [5.41, 5.74) is 4.31. The van der Waals surface area contributed by atoms with Crippen molar-refractivity contribution in [3.05, 3.63) is 102 Å². The quantitative estimate of drug-likeness (QED) is 0.375. The summed E-state index contributed by atoms with van der Waals surface area (Å²) in [5.74, 6) is 1.13. The molecule has 0 aromatic heterocycles. The first kappa shape index (κ1) is 19.8. The first-order valence-electron chi connectivity index (χ1n) is 11.0. The van der Waals surface area contributed by atoms with E-state index in [1.165, 1.54) is 11.1 Å². The molecular weight excluding hydrogens is 384 g/mol. The summed E-state index contributed by atoms with van der Waals surface area (Å²) in [5, 5.41) is 4.62. The Balaban J connectivity index is 1.22. The Morgan fingerprint density at radius 1 is 0.968 bits per heavy atom. The summed E-state index contributed by atoms with van der Waals surface area (Å²) in [4.78, 5) is 8.13. The maximum absolute atomic E-state index is 6.48. The SMILES string of the molecule is CN(CCCON=C1c2ccccc2OC2(c3ccccc3)CC12)Cc1ccccc1. The average molecular weight is 413 g/mol. The van der Waals surface area contributed by atoms with Gasteiger partial charge in [0.05, 0.1) is 11.6 Å². The van der Waals surface area contributed by atoms with Gasteiger partial charge in [-0.1, -0.05) is 78.0 Å². The molecule has 0 bridgehead atoms. The monoisotopic (exact) mass is 412 g/mol. The zero-order valence-corrected chi connectivity index (χ0v) is 17.9. The minimum Gasteiger partial charge on any atom is -0.481 e. The van der Waals surface area contributed by atoms with Gasteiger partial charge in [-0.15, -0.1) is 0 Å². The maximum Gasteiger partial charge on any atom is 0.143 e. The zero-order valence-electron chi connectivity index (χ0n) is 17.9. The van der Waals surface area contributed by atoms with Gasteiger partial charge in [0.1, 0.15) is 18.0 Å². The lowest BCUT2D eigenvalue weighted by molar-refractivity contribution is 0.126. The van der Waals surface area contributed by atoms with E-state index in [1.54, 1.807) is 0 Å². The van der Waals surface area contributed by atoms with E-state index in [9.17, 15) is 0 Å². The van der Waals surface area contributed by atoms with Crippen molar-refractivity contribution in [3.63, 3.8) is 0 Å². The molecule has 158 valence electrons. The standard InChI is InChI=1S/C27H28N2O2/c1-29(20-21-11-4-2-5-12-21)17-10-18-30-28-26-23-15-8-9-16-25(23)31-27(19-24(26)27)22-13-6-3-7-14-22/h2-9,11-16,24H,10,17-20H2,1H3. The molecule has 1 heterocycles. The Labute approximate surface area is 184 Å². The van der Waals surface area contributed by atoms with Gasteiger partial charge in [-0.05, 0) is 36.7 Å². The number of rotatable bonds is 8. The fraction of sp³-hybridized carbons (Fsp3) is 0.296. The van der Waals surface area contributed by atoms with Crippen molar-refractivity contribution in [2.24, 2.45) is 11.1 Å². The van der Waals surface area contributed by atoms with Crippen molar-refractivity contribution in [3.8, 4) is 5.75 Å². The molecule has 0 spiro atoms. The highest BCUT2D eigenvalue weighted by atomic mass is 16.6. The van der Waals surface area contributed by atoms with E-state index in [0.29, 0.717) is 6.61 Å². The van der Waals surface area contributed by atoms with Gasteiger partial charge in [-0.2, -0.15) is 0 Å². The molecular formula is C27H28N2O2. The number of benzene rings is 3. The Kier molecular flexibility index (Phi) is 5.47. The van der Waals surface area contributed by atoms with Gasteiger partial charge in [-0.25, -0.2) is 0 Å². The fourth-order valence-electron chi connectivity index (χ4n) is 4.53. The van der Waals surface area contributed by atoms with Crippen LogP contribution in [0.1, 0.15) is 29.5 Å². The molecule has 1 aliphatic carbocycles. The Hall–Kier alpha value is -3.11. The lowest BCUT2D eigenvalue weighted by Gasteiger charge is -2.27. The minimum absolute atomic E-state index is 0.241. The molecule has 4 nitrogen and oxygen atoms in total. The van der Waals surface area contributed by atoms with Crippen molar-refractivity contribution in [1.82, 2.24) is 4.90 Å². The van der Waals surface area contributed by atoms with Crippen LogP contribution in [0.4, 0.5) is 0 Å². The Morgan fingerprint density at radius 3 is 2.48 bits per heavy atom. The van der Waals surface area contributed by atoms with E-state index in [-0.39, 0.29) is 11.5 Å². The Bertz CT molecular complexity index is 1050. The summed E-state index contributed by atoms with van der Waals surface area (Å²) >= 11 is 0. The first-order valence-corrected chi connectivity index (χ1v) is 11.0. The molecule has 0 radical (unpaired) electrons. The molecule has 5 rings (SSSR count). The van der Waals surface area contributed by atoms with Crippen LogP contribution in [-0.4, -0.2) is 30.8 Å². The maximum atomic E-state index is 6.48. The third-order valence-corrected chi connectivity index (χ3v) is 6.19. The molecule has 1 fully saturated rings. The van der Waals surface area contributed by atoms with E-state index in [1.807, 2.05) is 24.3 Å². The second kappa shape index (κ2) is 8.56. The molecule has 0 N–H and O–H groups in total. The van der Waals surface area contributed by atoms with Crippen molar-refractivity contribution >= 4 is 5.71 Å². The molecule has 3 aromatic carbocycles. The molecule has 2 unspecified atom stereocenters. The predicted molar refractivity (Wildman–Crippen MR) is 123 cm³/mol. The molecule has 3 aromatic rings. The van der Waals surface area contributed by atoms with Crippen LogP contribution < -0.4 is 4.74 Å². The number of para-hydroxylation sites is 1. The molecule has 1 saturated carbocycles. The highest BCUT2D eigenvalue weighted by Crippen LogP contribution is 2.60. The van der Waals surface area contributed by atoms with Crippen LogP contribution in [0, 0.1) is 5.92 Å². The van der Waals surface area contributed by atoms with E-state index in [0.717, 1.165) is 43.0 Å². The van der Waals surface area contributed by atoms with Gasteiger partial charge >= 0.3 is 0 Å². The van der Waals surface area contributed by atoms with E-state index in [4.69, 9.17) is 9.57 Å². The summed E-state index contributed by atoms with van der Waals surface area (Å²) in [6, 6.07) is 29.2. The number of nitrogens with zero attached hydrogens (tertiary/aromatic N) is 2. The molecule has 2 aliphatic rings. The average Bonchev–Trinajstić information content (AvgIpc) is 3.55. The zero-order chi connectivity index (χ0) is 21.1. The van der Waals surface area contributed by atoms with Gasteiger partial charge in [-0.3, -0.25) is 0 Å². The van der Waals surface area contributed by atoms with Crippen LogP contribution >= 0.6 is 0 Å². The second-order valence-electron chi connectivity index (χ2n) is 8.50. The number of ether oxygens (including phenoxy) is 1. The van der Waals surface area contributed by atoms with Crippen molar-refractivity contribution in [1.29, 1.82) is 0 Å². The first-order chi connectivity index (χ1) is 15.3. The number of hydrogen-bond acceptors (Lipinski definition) is 4. The fourth-order valence-corrected chi connectivity index (χ4v) is 4.53. The third-order valence-electron chi connectivity index (χ3n) is 6.19. The van der Waals surface area contributed by atoms with Gasteiger partial charge < -0.3 is 14.5 Å². The van der Waals surface area contributed by atoms with Crippen LogP contribution in [0.2, 0.25) is 0 Å². The predicted octanol–water partition coefficient (Wildman–Crippen LogP) is 5.24. The molecule has 0 amide bonds. The highest BCUT2D eigenvalue weighted by molar-refractivity contribution is 6.08. The van der Waals surface area contributed by atoms with Gasteiger partial charge in [0.15, 0.2) is 0 Å². The molecule has 31 heavy (non-hydrogen) atoms. The highest BCUT2D eigenvalue weighted by Gasteiger charge is 2.64. The summed E-state index contributed by atoms with van der Waals surface area (Å²) in [7, 11) is 2.14. The van der Waals surface area contributed by atoms with Crippen LogP contribution in [0.25, 0.3) is 0 Å². The molecule has 4 heteroatoms. The van der Waals surface area contributed by atoms with E-state index in [2.05, 4.69) is 77.8 Å². The van der Waals surface area contributed by atoms with Crippen molar-refractivity contribution in [2.75, 3.05) is 20.2 Å². The van der Waals surface area contributed by atoms with Crippen molar-refractivity contribution in [2.45, 2.75) is 25.0 Å². The molecule has 1 aliphatic heterocycles. The summed E-state index contributed by atoms with van der Waals surface area (Å²) in [6.45, 7) is 2.52. The van der Waals surface area contributed by atoms with E-state index < -0.39 is 0 Å². The van der Waals surface area contributed by atoms with Crippen LogP contribution in [0.3, 0.4) is 0 Å². The van der Waals surface area contributed by atoms with Gasteiger partial charge in [0, 0.05) is 25.1 Å². The normalized spacial score (nSPS) is 22.5. The molecule has 2 atom stereocenters. The summed E-state index contributed by atoms with van der Waals surface area (Å²) in [6.07, 6.45) is 1.88. The number of hydrogen-bond donors (Lipinski definition) is 0.